The molecule has 0 bridgehead atoms. The van der Waals surface area contributed by atoms with Crippen molar-refractivity contribution in [1.82, 2.24) is 4.98 Å². The molecule has 0 atom stereocenters. The molecule has 0 aliphatic heterocycles. The molecule has 1 heterocycles. The summed E-state index contributed by atoms with van der Waals surface area (Å²) in [6.45, 7) is 0. The van der Waals surface area contributed by atoms with E-state index in [1.54, 1.807) is 0 Å². The molecule has 15 heavy (non-hydrogen) atoms. The number of oxazole rings is 1. The second-order valence-corrected chi connectivity index (χ2v) is 3.27. The monoisotopic (exact) mass is 194 g/mol. The van der Waals surface area contributed by atoms with Gasteiger partial charge in [0.15, 0.2) is 5.58 Å². The van der Waals surface area contributed by atoms with Crippen LogP contribution in [0.25, 0.3) is 22.6 Å². The highest BCUT2D eigenvalue weighted by molar-refractivity contribution is 5.75. The maximum Gasteiger partial charge on any atom is 0.227 e. The lowest BCUT2D eigenvalue weighted by Gasteiger charge is -1.91. The minimum atomic E-state index is 0.646. The van der Waals surface area contributed by atoms with Crippen molar-refractivity contribution in [2.24, 2.45) is 0 Å². The van der Waals surface area contributed by atoms with Crippen LogP contribution in [0.15, 0.2) is 52.9 Å². The van der Waals surface area contributed by atoms with Crippen molar-refractivity contribution in [3.8, 4) is 11.5 Å². The van der Waals surface area contributed by atoms with E-state index in [-0.39, 0.29) is 0 Å². The van der Waals surface area contributed by atoms with E-state index in [1.165, 1.54) is 0 Å². The first-order valence-electron chi connectivity index (χ1n) is 4.76. The molecule has 0 amide bonds. The normalized spacial score (nSPS) is 10.7. The van der Waals surface area contributed by atoms with Crippen LogP contribution in [-0.2, 0) is 0 Å². The van der Waals surface area contributed by atoms with Crippen LogP contribution in [0.5, 0.6) is 0 Å². The van der Waals surface area contributed by atoms with Gasteiger partial charge in [-0.1, -0.05) is 30.3 Å². The topological polar surface area (TPSA) is 26.0 Å². The fraction of sp³-hybridized carbons (Fsp3) is 0. The van der Waals surface area contributed by atoms with Gasteiger partial charge in [0.1, 0.15) is 5.52 Å². The van der Waals surface area contributed by atoms with Crippen LogP contribution < -0.4 is 0 Å². The van der Waals surface area contributed by atoms with Crippen molar-refractivity contribution in [2.75, 3.05) is 0 Å². The van der Waals surface area contributed by atoms with E-state index in [0.29, 0.717) is 5.89 Å². The molecular formula is C13H8NO. The zero-order valence-corrected chi connectivity index (χ0v) is 7.97. The first-order valence-corrected chi connectivity index (χ1v) is 4.76. The average molecular weight is 194 g/mol. The Balaban J connectivity index is 2.21. The van der Waals surface area contributed by atoms with E-state index in [1.807, 2.05) is 48.5 Å². The Morgan fingerprint density at radius 2 is 1.87 bits per heavy atom. The van der Waals surface area contributed by atoms with Crippen molar-refractivity contribution in [3.05, 3.63) is 54.6 Å². The van der Waals surface area contributed by atoms with Gasteiger partial charge in [0.2, 0.25) is 5.89 Å². The van der Waals surface area contributed by atoms with E-state index in [2.05, 4.69) is 11.1 Å². The Hall–Kier alpha value is -2.09. The van der Waals surface area contributed by atoms with Crippen molar-refractivity contribution in [2.45, 2.75) is 0 Å². The molecule has 3 aromatic rings. The lowest BCUT2D eigenvalue weighted by molar-refractivity contribution is 0.620. The van der Waals surface area contributed by atoms with Gasteiger partial charge in [0.05, 0.1) is 0 Å². The zero-order chi connectivity index (χ0) is 10.1. The number of fused-ring (bicyclic) bond motifs is 1. The molecule has 1 radical (unpaired) electrons. The van der Waals surface area contributed by atoms with Crippen LogP contribution in [0.3, 0.4) is 0 Å². The number of aromatic nitrogens is 1. The van der Waals surface area contributed by atoms with Crippen LogP contribution in [0.2, 0.25) is 0 Å². The van der Waals surface area contributed by atoms with Gasteiger partial charge in [-0.15, -0.1) is 0 Å². The number of para-hydroxylation sites is 1. The highest BCUT2D eigenvalue weighted by Crippen LogP contribution is 2.22. The Labute approximate surface area is 87.2 Å². The predicted octanol–water partition coefficient (Wildman–Crippen LogP) is 3.29. The Morgan fingerprint density at radius 3 is 2.67 bits per heavy atom. The van der Waals surface area contributed by atoms with Crippen molar-refractivity contribution >= 4 is 11.1 Å². The van der Waals surface area contributed by atoms with Gasteiger partial charge in [-0.3, -0.25) is 0 Å². The molecular weight excluding hydrogens is 186 g/mol. The molecule has 0 saturated carbocycles. The van der Waals surface area contributed by atoms with E-state index in [0.717, 1.165) is 16.7 Å². The maximum atomic E-state index is 5.61. The van der Waals surface area contributed by atoms with Crippen LogP contribution >= 0.6 is 0 Å². The van der Waals surface area contributed by atoms with Crippen molar-refractivity contribution < 1.29 is 4.42 Å². The summed E-state index contributed by atoms with van der Waals surface area (Å²) in [7, 11) is 0. The molecule has 0 fully saturated rings. The van der Waals surface area contributed by atoms with Crippen LogP contribution in [0.1, 0.15) is 0 Å². The van der Waals surface area contributed by atoms with E-state index in [4.69, 9.17) is 4.42 Å². The minimum Gasteiger partial charge on any atom is -0.436 e. The third-order valence-corrected chi connectivity index (χ3v) is 2.24. The van der Waals surface area contributed by atoms with Crippen molar-refractivity contribution in [1.29, 1.82) is 0 Å². The van der Waals surface area contributed by atoms with Gasteiger partial charge in [-0.25, -0.2) is 4.98 Å². The predicted molar refractivity (Wildman–Crippen MR) is 58.3 cm³/mol. The van der Waals surface area contributed by atoms with Gasteiger partial charge in [-0.05, 0) is 18.2 Å². The van der Waals surface area contributed by atoms with E-state index in [9.17, 15) is 0 Å². The summed E-state index contributed by atoms with van der Waals surface area (Å²) in [6.07, 6.45) is 0. The minimum absolute atomic E-state index is 0.646. The standard InChI is InChI=1S/C13H8NO/c1-2-6-10(7-3-1)13-14-11-8-4-5-9-12(11)15-13/h1-7,9H. The van der Waals surface area contributed by atoms with Crippen LogP contribution in [-0.4, -0.2) is 4.98 Å². The second-order valence-electron chi connectivity index (χ2n) is 3.27. The summed E-state index contributed by atoms with van der Waals surface area (Å²) in [4.78, 5) is 4.36. The summed E-state index contributed by atoms with van der Waals surface area (Å²) < 4.78 is 5.61. The number of nitrogens with zero attached hydrogens (tertiary/aromatic N) is 1. The average Bonchev–Trinajstić information content (AvgIpc) is 2.74. The molecule has 3 rings (SSSR count). The number of benzene rings is 2. The molecule has 0 unspecified atom stereocenters. The third-order valence-electron chi connectivity index (χ3n) is 2.24. The molecule has 2 aromatic carbocycles. The van der Waals surface area contributed by atoms with Crippen LogP contribution in [0.4, 0.5) is 0 Å². The molecule has 0 saturated heterocycles. The zero-order valence-electron chi connectivity index (χ0n) is 7.97. The Bertz CT molecular complexity index is 551. The maximum absolute atomic E-state index is 5.61. The van der Waals surface area contributed by atoms with Crippen molar-refractivity contribution in [3.63, 3.8) is 0 Å². The second kappa shape index (κ2) is 3.24. The summed E-state index contributed by atoms with van der Waals surface area (Å²) in [5.41, 5.74) is 2.54. The van der Waals surface area contributed by atoms with Gasteiger partial charge >= 0.3 is 0 Å². The molecule has 0 aliphatic carbocycles. The van der Waals surface area contributed by atoms with Crippen LogP contribution in [0, 0.1) is 6.07 Å². The quantitative estimate of drug-likeness (QED) is 0.594. The summed E-state index contributed by atoms with van der Waals surface area (Å²) in [5, 5.41) is 0. The summed E-state index contributed by atoms with van der Waals surface area (Å²) in [6, 6.07) is 18.5. The van der Waals surface area contributed by atoms with E-state index < -0.39 is 0 Å². The molecule has 0 spiro atoms. The number of hydrogen-bond donors (Lipinski definition) is 0. The third kappa shape index (κ3) is 1.40. The molecule has 0 aliphatic rings. The summed E-state index contributed by atoms with van der Waals surface area (Å²) in [5.74, 6) is 0.646. The van der Waals surface area contributed by atoms with E-state index >= 15 is 0 Å². The molecule has 2 nitrogen and oxygen atoms in total. The molecule has 2 heteroatoms. The number of rotatable bonds is 1. The van der Waals surface area contributed by atoms with Gasteiger partial charge in [-0.2, -0.15) is 0 Å². The highest BCUT2D eigenvalue weighted by Gasteiger charge is 2.06. The van der Waals surface area contributed by atoms with Gasteiger partial charge in [0, 0.05) is 11.6 Å². The molecule has 0 N–H and O–H groups in total. The summed E-state index contributed by atoms with van der Waals surface area (Å²) >= 11 is 0. The Kier molecular flexibility index (Phi) is 1.78. The largest absolute Gasteiger partial charge is 0.436 e. The van der Waals surface area contributed by atoms with Gasteiger partial charge in [0.25, 0.3) is 0 Å². The SMILES string of the molecule is [c]1cccc2oc(-c3ccccc3)nc12. The molecule has 71 valence electrons. The lowest BCUT2D eigenvalue weighted by atomic mass is 10.2. The molecule has 1 aromatic heterocycles. The van der Waals surface area contributed by atoms with Gasteiger partial charge < -0.3 is 4.42 Å². The number of hydrogen-bond acceptors (Lipinski definition) is 2. The smallest absolute Gasteiger partial charge is 0.227 e. The first-order chi connectivity index (χ1) is 7.43. The fourth-order valence-electron chi connectivity index (χ4n) is 1.52. The fourth-order valence-corrected chi connectivity index (χ4v) is 1.52. The highest BCUT2D eigenvalue weighted by atomic mass is 16.3. The first kappa shape index (κ1) is 8.24. The lowest BCUT2D eigenvalue weighted by Crippen LogP contribution is -1.74. The Morgan fingerprint density at radius 1 is 1.00 bits per heavy atom.